The molecule has 0 spiro atoms. The van der Waals surface area contributed by atoms with Crippen molar-refractivity contribution in [3.8, 4) is 0 Å². The summed E-state index contributed by atoms with van der Waals surface area (Å²) in [5.41, 5.74) is 2.09. The smallest absolute Gasteiger partial charge is 0.00177 e. The zero-order valence-electron chi connectivity index (χ0n) is 7.47. The van der Waals surface area contributed by atoms with E-state index in [0.717, 1.165) is 0 Å². The summed E-state index contributed by atoms with van der Waals surface area (Å²) in [6.45, 7) is 4.78. The third-order valence-corrected chi connectivity index (χ3v) is 3.43. The summed E-state index contributed by atoms with van der Waals surface area (Å²) in [5.74, 6) is 0. The van der Waals surface area contributed by atoms with Gasteiger partial charge in [0.2, 0.25) is 0 Å². The van der Waals surface area contributed by atoms with Crippen LogP contribution < -0.4 is 5.32 Å². The molecule has 2 rings (SSSR count). The van der Waals surface area contributed by atoms with Crippen LogP contribution >= 0.6 is 11.3 Å². The predicted molar refractivity (Wildman–Crippen MR) is 53.6 cm³/mol. The number of rotatable bonds is 3. The molecule has 1 saturated heterocycles. The molecule has 0 aliphatic carbocycles. The summed E-state index contributed by atoms with van der Waals surface area (Å²) in [6.07, 6.45) is 2.58. The van der Waals surface area contributed by atoms with Gasteiger partial charge in [0.05, 0.1) is 0 Å². The molecule has 0 amide bonds. The fourth-order valence-corrected chi connectivity index (χ4v) is 2.31. The molecule has 1 N–H and O–H groups in total. The molecule has 0 aromatic carbocycles. The molecule has 1 aromatic rings. The van der Waals surface area contributed by atoms with Crippen LogP contribution in [0.25, 0.3) is 0 Å². The summed E-state index contributed by atoms with van der Waals surface area (Å²) < 4.78 is 0. The van der Waals surface area contributed by atoms with Gasteiger partial charge >= 0.3 is 0 Å². The molecule has 0 bridgehead atoms. The Morgan fingerprint density at radius 1 is 1.58 bits per heavy atom. The monoisotopic (exact) mass is 181 g/mol. The van der Waals surface area contributed by atoms with Gasteiger partial charge in [0.1, 0.15) is 0 Å². The van der Waals surface area contributed by atoms with E-state index in [4.69, 9.17) is 0 Å². The number of hydrogen-bond donors (Lipinski definition) is 1. The first kappa shape index (κ1) is 8.27. The van der Waals surface area contributed by atoms with E-state index in [-0.39, 0.29) is 0 Å². The van der Waals surface area contributed by atoms with Gasteiger partial charge in [-0.2, -0.15) is 11.3 Å². The Hall–Kier alpha value is -0.340. The third kappa shape index (κ3) is 1.70. The molecule has 0 radical (unpaired) electrons. The minimum absolute atomic E-state index is 0.585. The van der Waals surface area contributed by atoms with Crippen molar-refractivity contribution in [2.45, 2.75) is 19.8 Å². The Bertz CT molecular complexity index is 236. The minimum atomic E-state index is 0.585. The molecule has 66 valence electrons. The van der Waals surface area contributed by atoms with Gasteiger partial charge in [-0.1, -0.05) is 6.92 Å². The van der Waals surface area contributed by atoms with E-state index in [1.54, 1.807) is 11.3 Å². The molecular weight excluding hydrogens is 166 g/mol. The van der Waals surface area contributed by atoms with Crippen LogP contribution in [0.15, 0.2) is 16.8 Å². The van der Waals surface area contributed by atoms with Crippen LogP contribution in [0.3, 0.4) is 0 Å². The third-order valence-electron chi connectivity index (χ3n) is 2.70. The molecule has 0 atom stereocenters. The minimum Gasteiger partial charge on any atom is -0.316 e. The molecule has 1 aliphatic rings. The molecule has 0 saturated carbocycles. The standard InChI is InChI=1S/C10H15NS/c1-10(7-11-8-10)4-2-9-3-5-12-6-9/h3,5-6,11H,2,4,7-8H2,1H3. The summed E-state index contributed by atoms with van der Waals surface area (Å²) in [4.78, 5) is 0. The van der Waals surface area contributed by atoms with Gasteiger partial charge in [-0.25, -0.2) is 0 Å². The van der Waals surface area contributed by atoms with Crippen molar-refractivity contribution in [3.05, 3.63) is 22.4 Å². The van der Waals surface area contributed by atoms with Crippen LogP contribution in [-0.4, -0.2) is 13.1 Å². The number of nitrogens with one attached hydrogen (secondary N) is 1. The van der Waals surface area contributed by atoms with Crippen LogP contribution in [0.4, 0.5) is 0 Å². The second-order valence-corrected chi connectivity index (χ2v) is 4.83. The average molecular weight is 181 g/mol. The molecule has 1 fully saturated rings. The summed E-state index contributed by atoms with van der Waals surface area (Å²) in [5, 5.41) is 7.76. The van der Waals surface area contributed by atoms with Crippen molar-refractivity contribution in [2.75, 3.05) is 13.1 Å². The fraction of sp³-hybridized carbons (Fsp3) is 0.600. The normalized spacial score (nSPS) is 20.4. The Balaban J connectivity index is 1.82. The topological polar surface area (TPSA) is 12.0 Å². The zero-order valence-corrected chi connectivity index (χ0v) is 8.29. The molecule has 0 unspecified atom stereocenters. The van der Waals surface area contributed by atoms with E-state index in [1.807, 2.05) is 0 Å². The van der Waals surface area contributed by atoms with E-state index < -0.39 is 0 Å². The molecular formula is C10H15NS. The maximum atomic E-state index is 3.33. The van der Waals surface area contributed by atoms with E-state index in [1.165, 1.54) is 31.5 Å². The van der Waals surface area contributed by atoms with Crippen molar-refractivity contribution in [3.63, 3.8) is 0 Å². The highest BCUT2D eigenvalue weighted by Crippen LogP contribution is 2.27. The summed E-state index contributed by atoms with van der Waals surface area (Å²) >= 11 is 1.80. The van der Waals surface area contributed by atoms with Crippen LogP contribution in [0, 0.1) is 5.41 Å². The second-order valence-electron chi connectivity index (χ2n) is 4.05. The lowest BCUT2D eigenvalue weighted by molar-refractivity contribution is 0.180. The highest BCUT2D eigenvalue weighted by Gasteiger charge is 2.30. The van der Waals surface area contributed by atoms with Crippen LogP contribution in [-0.2, 0) is 6.42 Å². The quantitative estimate of drug-likeness (QED) is 0.754. The van der Waals surface area contributed by atoms with Crippen LogP contribution in [0.2, 0.25) is 0 Å². The van der Waals surface area contributed by atoms with E-state index in [9.17, 15) is 0 Å². The van der Waals surface area contributed by atoms with Gasteiger partial charge < -0.3 is 5.32 Å². The van der Waals surface area contributed by atoms with Crippen LogP contribution in [0.5, 0.6) is 0 Å². The lowest BCUT2D eigenvalue weighted by Crippen LogP contribution is -2.51. The van der Waals surface area contributed by atoms with E-state index in [0.29, 0.717) is 5.41 Å². The molecule has 2 heteroatoms. The Morgan fingerprint density at radius 2 is 2.42 bits per heavy atom. The van der Waals surface area contributed by atoms with Crippen LogP contribution in [0.1, 0.15) is 18.9 Å². The van der Waals surface area contributed by atoms with Crippen molar-refractivity contribution >= 4 is 11.3 Å². The van der Waals surface area contributed by atoms with E-state index >= 15 is 0 Å². The summed E-state index contributed by atoms with van der Waals surface area (Å²) in [6, 6.07) is 2.24. The number of hydrogen-bond acceptors (Lipinski definition) is 2. The highest BCUT2D eigenvalue weighted by atomic mass is 32.1. The van der Waals surface area contributed by atoms with Gasteiger partial charge in [-0.3, -0.25) is 0 Å². The fourth-order valence-electron chi connectivity index (χ4n) is 1.61. The van der Waals surface area contributed by atoms with E-state index in [2.05, 4.69) is 29.1 Å². The first-order chi connectivity index (χ1) is 5.79. The molecule has 12 heavy (non-hydrogen) atoms. The summed E-state index contributed by atoms with van der Waals surface area (Å²) in [7, 11) is 0. The maximum absolute atomic E-state index is 3.33. The Labute approximate surface area is 77.8 Å². The predicted octanol–water partition coefficient (Wildman–Crippen LogP) is 2.29. The Kier molecular flexibility index (Phi) is 2.20. The van der Waals surface area contributed by atoms with Gasteiger partial charge in [0.15, 0.2) is 0 Å². The Morgan fingerprint density at radius 3 is 2.92 bits per heavy atom. The van der Waals surface area contributed by atoms with Crippen molar-refractivity contribution in [1.29, 1.82) is 0 Å². The van der Waals surface area contributed by atoms with Gasteiger partial charge in [0.25, 0.3) is 0 Å². The average Bonchev–Trinajstić information content (AvgIpc) is 2.49. The van der Waals surface area contributed by atoms with Crippen molar-refractivity contribution in [2.24, 2.45) is 5.41 Å². The molecule has 1 aliphatic heterocycles. The zero-order chi connectivity index (χ0) is 8.44. The highest BCUT2D eigenvalue weighted by molar-refractivity contribution is 7.07. The lowest BCUT2D eigenvalue weighted by atomic mass is 9.79. The first-order valence-corrected chi connectivity index (χ1v) is 5.45. The lowest BCUT2D eigenvalue weighted by Gasteiger charge is -2.39. The van der Waals surface area contributed by atoms with Gasteiger partial charge in [0, 0.05) is 13.1 Å². The first-order valence-electron chi connectivity index (χ1n) is 4.50. The number of thiophene rings is 1. The molecule has 2 heterocycles. The van der Waals surface area contributed by atoms with Crippen molar-refractivity contribution in [1.82, 2.24) is 5.32 Å². The SMILES string of the molecule is CC1(CCc2ccsc2)CNC1. The molecule has 1 nitrogen and oxygen atoms in total. The van der Waals surface area contributed by atoms with Gasteiger partial charge in [-0.05, 0) is 40.6 Å². The maximum Gasteiger partial charge on any atom is 0.00177 e. The van der Waals surface area contributed by atoms with Crippen molar-refractivity contribution < 1.29 is 0 Å². The van der Waals surface area contributed by atoms with Gasteiger partial charge in [-0.15, -0.1) is 0 Å². The number of aryl methyl sites for hydroxylation is 1. The largest absolute Gasteiger partial charge is 0.316 e. The second kappa shape index (κ2) is 3.19. The molecule has 1 aromatic heterocycles.